The monoisotopic (exact) mass is 470 g/mol. The maximum Gasteiger partial charge on any atom is 0.243 e. The molecular weight excluding hydrogens is 444 g/mol. The number of hydrogen-bond acceptors (Lipinski definition) is 6. The topological polar surface area (TPSA) is 77.3 Å². The van der Waals surface area contributed by atoms with Gasteiger partial charge >= 0.3 is 0 Å². The molecule has 168 valence electrons. The van der Waals surface area contributed by atoms with E-state index in [9.17, 15) is 8.42 Å². The van der Waals surface area contributed by atoms with Crippen LogP contribution in [0.3, 0.4) is 0 Å². The highest BCUT2D eigenvalue weighted by Gasteiger charge is 2.27. The fourth-order valence-electron chi connectivity index (χ4n) is 3.55. The van der Waals surface area contributed by atoms with Crippen molar-refractivity contribution in [1.29, 1.82) is 0 Å². The summed E-state index contributed by atoms with van der Waals surface area (Å²) in [5.74, 6) is 1.39. The second kappa shape index (κ2) is 9.99. The Balaban J connectivity index is 1.63. The van der Waals surface area contributed by atoms with Crippen LogP contribution in [0.25, 0.3) is 11.4 Å². The van der Waals surface area contributed by atoms with E-state index < -0.39 is 10.0 Å². The van der Waals surface area contributed by atoms with E-state index in [1.165, 1.54) is 15.4 Å². The molecule has 32 heavy (non-hydrogen) atoms. The lowest BCUT2D eigenvalue weighted by Gasteiger charge is -2.26. The zero-order valence-electron chi connectivity index (χ0n) is 18.0. The quantitative estimate of drug-likeness (QED) is 0.369. The van der Waals surface area contributed by atoms with Crippen molar-refractivity contribution in [2.75, 3.05) is 26.3 Å². The summed E-state index contributed by atoms with van der Waals surface area (Å²) in [4.78, 5) is 0.249. The van der Waals surface area contributed by atoms with Gasteiger partial charge in [-0.15, -0.1) is 16.8 Å². The number of allylic oxidation sites excluding steroid dienone is 1. The lowest BCUT2D eigenvalue weighted by molar-refractivity contribution is 0.0730. The summed E-state index contributed by atoms with van der Waals surface area (Å²) in [6, 6.07) is 15.2. The van der Waals surface area contributed by atoms with Gasteiger partial charge in [0.1, 0.15) is 0 Å². The number of sulfonamides is 1. The molecule has 0 unspecified atom stereocenters. The minimum absolute atomic E-state index is 0.249. The van der Waals surface area contributed by atoms with Gasteiger partial charge in [-0.2, -0.15) is 4.31 Å². The molecule has 0 N–H and O–H groups in total. The second-order valence-corrected chi connectivity index (χ2v) is 10.3. The van der Waals surface area contributed by atoms with Gasteiger partial charge in [-0.05, 0) is 30.2 Å². The number of hydrogen-bond donors (Lipinski definition) is 0. The highest BCUT2D eigenvalue weighted by molar-refractivity contribution is 7.98. The Kier molecular flexibility index (Phi) is 7.10. The average molecular weight is 471 g/mol. The van der Waals surface area contributed by atoms with E-state index in [1.54, 1.807) is 36.0 Å². The molecule has 1 aromatic heterocycles. The van der Waals surface area contributed by atoms with Gasteiger partial charge in [-0.3, -0.25) is 4.57 Å². The van der Waals surface area contributed by atoms with Crippen molar-refractivity contribution in [3.63, 3.8) is 0 Å². The van der Waals surface area contributed by atoms with Crippen LogP contribution in [0.15, 0.2) is 71.2 Å². The van der Waals surface area contributed by atoms with E-state index in [0.29, 0.717) is 44.2 Å². The molecule has 0 atom stereocenters. The largest absolute Gasteiger partial charge is 0.379 e. The molecule has 0 amide bonds. The Hall–Kier alpha value is -2.46. The third kappa shape index (κ3) is 4.80. The van der Waals surface area contributed by atoms with E-state index in [0.717, 1.165) is 10.9 Å². The van der Waals surface area contributed by atoms with Gasteiger partial charge in [-0.1, -0.05) is 54.2 Å². The molecular formula is C23H26N4O3S2. The van der Waals surface area contributed by atoms with Crippen LogP contribution >= 0.6 is 11.8 Å². The molecule has 3 aromatic rings. The number of aryl methyl sites for hydroxylation is 1. The number of ether oxygens (including phenoxy) is 1. The number of benzene rings is 2. The average Bonchev–Trinajstić information content (AvgIpc) is 3.22. The second-order valence-electron chi connectivity index (χ2n) is 7.46. The van der Waals surface area contributed by atoms with Crippen LogP contribution in [-0.2, 0) is 27.1 Å². The van der Waals surface area contributed by atoms with Crippen LogP contribution in [0.4, 0.5) is 0 Å². The Morgan fingerprint density at radius 1 is 1.12 bits per heavy atom. The van der Waals surface area contributed by atoms with Crippen LogP contribution in [0.2, 0.25) is 0 Å². The molecule has 2 heterocycles. The van der Waals surface area contributed by atoms with E-state index in [4.69, 9.17) is 4.74 Å². The van der Waals surface area contributed by atoms with Gasteiger partial charge in [0.05, 0.1) is 18.1 Å². The first-order valence-corrected chi connectivity index (χ1v) is 12.8. The van der Waals surface area contributed by atoms with Crippen LogP contribution < -0.4 is 0 Å². The maximum atomic E-state index is 13.1. The third-order valence-electron chi connectivity index (χ3n) is 5.35. The highest BCUT2D eigenvalue weighted by atomic mass is 32.2. The zero-order valence-corrected chi connectivity index (χ0v) is 19.6. The Morgan fingerprint density at radius 2 is 1.91 bits per heavy atom. The van der Waals surface area contributed by atoms with Crippen molar-refractivity contribution in [2.45, 2.75) is 29.3 Å². The number of rotatable bonds is 8. The first-order valence-electron chi connectivity index (χ1n) is 10.4. The van der Waals surface area contributed by atoms with Crippen molar-refractivity contribution in [1.82, 2.24) is 19.1 Å². The lowest BCUT2D eigenvalue weighted by Crippen LogP contribution is -2.40. The highest BCUT2D eigenvalue weighted by Crippen LogP contribution is 2.29. The van der Waals surface area contributed by atoms with Crippen LogP contribution in [0, 0.1) is 6.92 Å². The van der Waals surface area contributed by atoms with Crippen LogP contribution in [0.1, 0.15) is 11.1 Å². The summed E-state index contributed by atoms with van der Waals surface area (Å²) in [5, 5.41) is 9.55. The molecule has 0 bridgehead atoms. The van der Waals surface area contributed by atoms with Crippen molar-refractivity contribution in [2.24, 2.45) is 0 Å². The van der Waals surface area contributed by atoms with E-state index >= 15 is 0 Å². The van der Waals surface area contributed by atoms with Crippen molar-refractivity contribution in [3.8, 4) is 11.4 Å². The number of thioether (sulfide) groups is 1. The smallest absolute Gasteiger partial charge is 0.243 e. The minimum Gasteiger partial charge on any atom is -0.379 e. The molecule has 1 saturated heterocycles. The van der Waals surface area contributed by atoms with Crippen LogP contribution in [0.5, 0.6) is 0 Å². The number of morpholine rings is 1. The summed E-state index contributed by atoms with van der Waals surface area (Å²) < 4.78 is 34.9. The van der Waals surface area contributed by atoms with Gasteiger partial charge in [-0.25, -0.2) is 8.42 Å². The first kappa shape index (κ1) is 22.7. The Labute approximate surface area is 193 Å². The number of aromatic nitrogens is 3. The summed E-state index contributed by atoms with van der Waals surface area (Å²) in [5.41, 5.74) is 3.18. The first-order chi connectivity index (χ1) is 15.5. The van der Waals surface area contributed by atoms with Crippen LogP contribution in [-0.4, -0.2) is 53.8 Å². The molecule has 0 spiro atoms. The van der Waals surface area contributed by atoms with Gasteiger partial charge in [0.15, 0.2) is 11.0 Å². The van der Waals surface area contributed by atoms with E-state index in [-0.39, 0.29) is 4.90 Å². The zero-order chi connectivity index (χ0) is 22.6. The van der Waals surface area contributed by atoms with Gasteiger partial charge in [0, 0.05) is 31.0 Å². The van der Waals surface area contributed by atoms with Crippen molar-refractivity contribution in [3.05, 3.63) is 72.3 Å². The van der Waals surface area contributed by atoms with Gasteiger partial charge in [0.2, 0.25) is 10.0 Å². The van der Waals surface area contributed by atoms with Gasteiger partial charge < -0.3 is 4.74 Å². The summed E-state index contributed by atoms with van der Waals surface area (Å²) >= 11 is 1.60. The summed E-state index contributed by atoms with van der Waals surface area (Å²) in [6.45, 7) is 8.02. The molecule has 9 heteroatoms. The Bertz CT molecular complexity index is 1200. The van der Waals surface area contributed by atoms with E-state index in [2.05, 4.69) is 35.8 Å². The van der Waals surface area contributed by atoms with Gasteiger partial charge in [0.25, 0.3) is 0 Å². The molecule has 1 fully saturated rings. The van der Waals surface area contributed by atoms with Crippen molar-refractivity contribution >= 4 is 21.8 Å². The molecule has 4 rings (SSSR count). The molecule has 1 aliphatic rings. The fraction of sp³-hybridized carbons (Fsp3) is 0.304. The van der Waals surface area contributed by atoms with E-state index in [1.807, 2.05) is 22.8 Å². The summed E-state index contributed by atoms with van der Waals surface area (Å²) in [7, 11) is -3.59. The van der Waals surface area contributed by atoms with Crippen molar-refractivity contribution < 1.29 is 13.2 Å². The molecule has 1 aliphatic heterocycles. The Morgan fingerprint density at radius 3 is 2.66 bits per heavy atom. The maximum absolute atomic E-state index is 13.1. The normalized spacial score (nSPS) is 15.0. The minimum atomic E-state index is -3.59. The SMILES string of the molecule is C=CCn1c(SCc2ccccc2C)nnc1-c1cccc(S(=O)(=O)N2CCOCC2)c1. The fourth-order valence-corrected chi connectivity index (χ4v) is 6.03. The predicted molar refractivity (Wildman–Crippen MR) is 126 cm³/mol. The predicted octanol–water partition coefficient (Wildman–Crippen LogP) is 3.75. The molecule has 0 aliphatic carbocycles. The molecule has 0 saturated carbocycles. The number of nitrogens with zero attached hydrogens (tertiary/aromatic N) is 4. The summed E-state index contributed by atoms with van der Waals surface area (Å²) in [6.07, 6.45) is 1.79. The molecule has 2 aromatic carbocycles. The lowest BCUT2D eigenvalue weighted by atomic mass is 10.1. The third-order valence-corrected chi connectivity index (χ3v) is 8.26. The standard InChI is InChI=1S/C23H26N4O3S2/c1-3-11-27-22(24-25-23(27)31-17-20-8-5-4-7-18(20)2)19-9-6-10-21(16-19)32(28,29)26-12-14-30-15-13-26/h3-10,16H,1,11-15,17H2,2H3. The molecule has 7 nitrogen and oxygen atoms in total. The molecule has 0 radical (unpaired) electrons.